The molecule has 8 nitrogen and oxygen atoms in total. The molecule has 0 aliphatic carbocycles. The predicted octanol–water partition coefficient (Wildman–Crippen LogP) is 4.08. The van der Waals surface area contributed by atoms with Crippen molar-refractivity contribution in [3.8, 4) is 17.4 Å². The molecule has 1 aromatic heterocycles. The molecule has 0 aliphatic heterocycles. The Hall–Kier alpha value is -2.14. The number of hydrogen-bond donors (Lipinski definition) is 1. The van der Waals surface area contributed by atoms with Crippen molar-refractivity contribution in [1.82, 2.24) is 9.71 Å². The third-order valence-corrected chi connectivity index (χ3v) is 4.62. The minimum atomic E-state index is -4.08. The van der Waals surface area contributed by atoms with E-state index < -0.39 is 21.9 Å². The number of ether oxygens (including phenoxy) is 2. The van der Waals surface area contributed by atoms with Crippen molar-refractivity contribution < 1.29 is 26.6 Å². The highest BCUT2D eigenvalue weighted by atomic mass is 35.5. The lowest BCUT2D eigenvalue weighted by molar-refractivity contribution is 0.261. The minimum Gasteiger partial charge on any atom is -0.476 e. The molecule has 29 heavy (non-hydrogen) atoms. The molecule has 0 saturated carbocycles. The van der Waals surface area contributed by atoms with Crippen LogP contribution in [-0.2, 0) is 14.5 Å². The second-order valence-electron chi connectivity index (χ2n) is 6.06. The first-order valence-corrected chi connectivity index (χ1v) is 10.4. The summed E-state index contributed by atoms with van der Waals surface area (Å²) in [5, 5.41) is 0.238. The summed E-state index contributed by atoms with van der Waals surface area (Å²) in [5.74, 6) is -0.589. The summed E-state index contributed by atoms with van der Waals surface area (Å²) in [5.41, 5.74) is -0.278. The third kappa shape index (κ3) is 6.70. The van der Waals surface area contributed by atoms with Crippen LogP contribution in [0.15, 0.2) is 34.9 Å². The highest BCUT2D eigenvalue weighted by molar-refractivity contribution is 7.88. The van der Waals surface area contributed by atoms with Crippen molar-refractivity contribution in [3.63, 3.8) is 0 Å². The Morgan fingerprint density at radius 3 is 2.59 bits per heavy atom. The normalized spacial score (nSPS) is 12.2. The summed E-state index contributed by atoms with van der Waals surface area (Å²) in [4.78, 5) is 4.07. The number of nitrogens with one attached hydrogen (secondary N) is 1. The Morgan fingerprint density at radius 1 is 1.31 bits per heavy atom. The van der Waals surface area contributed by atoms with E-state index in [9.17, 15) is 12.8 Å². The predicted molar refractivity (Wildman–Crippen MR) is 108 cm³/mol. The van der Waals surface area contributed by atoms with Crippen LogP contribution in [0.1, 0.15) is 19.4 Å². The fourth-order valence-electron chi connectivity index (χ4n) is 1.94. The van der Waals surface area contributed by atoms with Crippen LogP contribution in [0.25, 0.3) is 0 Å². The van der Waals surface area contributed by atoms with Crippen LogP contribution in [0.5, 0.6) is 17.4 Å². The van der Waals surface area contributed by atoms with Crippen LogP contribution >= 0.6 is 23.5 Å². The first kappa shape index (κ1) is 23.1. The number of hydrogen-bond acceptors (Lipinski definition) is 6. The van der Waals surface area contributed by atoms with Gasteiger partial charge in [-0.3, -0.25) is 0 Å². The lowest BCUT2D eigenvalue weighted by Gasteiger charge is -2.11. The van der Waals surface area contributed by atoms with Gasteiger partial charge in [-0.2, -0.15) is 13.1 Å². The van der Waals surface area contributed by atoms with Crippen molar-refractivity contribution in [3.05, 3.63) is 46.9 Å². The maximum atomic E-state index is 14.4. The summed E-state index contributed by atoms with van der Waals surface area (Å²) in [7, 11) is -2.94. The van der Waals surface area contributed by atoms with Crippen LogP contribution in [0.4, 0.5) is 4.39 Å². The van der Waals surface area contributed by atoms with E-state index in [0.29, 0.717) is 12.5 Å². The smallest absolute Gasteiger partial charge is 0.322 e. The van der Waals surface area contributed by atoms with Gasteiger partial charge in [0.15, 0.2) is 0 Å². The lowest BCUT2D eigenvalue weighted by Crippen LogP contribution is -2.18. The first-order chi connectivity index (χ1) is 13.6. The quantitative estimate of drug-likeness (QED) is 0.465. The van der Waals surface area contributed by atoms with Gasteiger partial charge in [0.05, 0.1) is 18.4 Å². The van der Waals surface area contributed by atoms with E-state index >= 15 is 0 Å². The Morgan fingerprint density at radius 2 is 2.03 bits per heavy atom. The number of rotatable bonds is 8. The molecule has 0 aliphatic rings. The summed E-state index contributed by atoms with van der Waals surface area (Å²) in [6.45, 7) is 4.43. The van der Waals surface area contributed by atoms with Gasteiger partial charge in [-0.1, -0.05) is 25.4 Å². The minimum absolute atomic E-state index is 0.102. The molecule has 0 saturated heterocycles. The second-order valence-corrected chi connectivity index (χ2v) is 8.16. The van der Waals surface area contributed by atoms with E-state index in [2.05, 4.69) is 13.7 Å². The monoisotopic (exact) mass is 465 g/mol. The van der Waals surface area contributed by atoms with E-state index in [1.54, 1.807) is 0 Å². The van der Waals surface area contributed by atoms with Crippen LogP contribution in [0.2, 0.25) is 5.02 Å². The zero-order chi connectivity index (χ0) is 21.6. The van der Waals surface area contributed by atoms with Crippen molar-refractivity contribution in [1.29, 1.82) is 0 Å². The Bertz CT molecular complexity index is 1000. The van der Waals surface area contributed by atoms with Gasteiger partial charge < -0.3 is 13.8 Å². The van der Waals surface area contributed by atoms with Crippen LogP contribution in [-0.4, -0.2) is 33.0 Å². The zero-order valence-electron chi connectivity index (χ0n) is 15.6. The summed E-state index contributed by atoms with van der Waals surface area (Å²) >= 11 is 11.3. The molecule has 158 valence electrons. The van der Waals surface area contributed by atoms with Gasteiger partial charge in [0, 0.05) is 19.2 Å². The van der Waals surface area contributed by atoms with Gasteiger partial charge >= 0.3 is 10.2 Å². The molecule has 1 aromatic carbocycles. The number of nitrogens with zero attached hydrogens (tertiary/aromatic N) is 2. The zero-order valence-corrected chi connectivity index (χ0v) is 18.0. The molecular formula is C17H18Cl2FN3O5S. The topological polar surface area (TPSA) is 99.1 Å². The van der Waals surface area contributed by atoms with E-state index in [1.165, 1.54) is 24.4 Å². The molecule has 2 rings (SSSR count). The third-order valence-electron chi connectivity index (χ3n) is 3.28. The van der Waals surface area contributed by atoms with E-state index in [0.717, 1.165) is 13.1 Å². The maximum absolute atomic E-state index is 14.4. The van der Waals surface area contributed by atoms with Crippen LogP contribution in [0, 0.1) is 11.7 Å². The fourth-order valence-corrected chi connectivity index (χ4v) is 2.76. The van der Waals surface area contributed by atoms with Gasteiger partial charge in [-0.05, 0) is 18.1 Å². The number of halogens is 3. The molecule has 0 atom stereocenters. The highest BCUT2D eigenvalue weighted by Crippen LogP contribution is 2.30. The van der Waals surface area contributed by atoms with Crippen molar-refractivity contribution >= 4 is 39.6 Å². The summed E-state index contributed by atoms with van der Waals surface area (Å²) < 4.78 is 57.9. The molecule has 1 N–H and O–H groups in total. The van der Waals surface area contributed by atoms with E-state index in [1.807, 2.05) is 18.6 Å². The van der Waals surface area contributed by atoms with Gasteiger partial charge in [0.1, 0.15) is 34.2 Å². The molecule has 0 bridgehead atoms. The summed E-state index contributed by atoms with van der Waals surface area (Å²) in [6, 6.07) is 5.05. The molecule has 2 aromatic rings. The highest BCUT2D eigenvalue weighted by Gasteiger charge is 2.17. The van der Waals surface area contributed by atoms with Crippen molar-refractivity contribution in [2.75, 3.05) is 13.7 Å². The Labute approximate surface area is 178 Å². The van der Waals surface area contributed by atoms with Gasteiger partial charge in [-0.25, -0.2) is 9.37 Å². The van der Waals surface area contributed by atoms with E-state index in [4.69, 9.17) is 32.9 Å². The largest absolute Gasteiger partial charge is 0.476 e. The fraction of sp³-hybridized carbons (Fsp3) is 0.294. The standard InChI is InChI=1S/C17H18Cl2FN3O5S/c1-10(2)9-26-17-14(18)6-12(8-22-17)27-11-4-5-13(15(20)7-11)16(28-19)23-29(24,25)21-3/h4-8,10,21H,9H2,1-3H3. The Kier molecular flexibility index (Phi) is 8.03. The maximum Gasteiger partial charge on any atom is 0.322 e. The van der Waals surface area contributed by atoms with Crippen molar-refractivity contribution in [2.24, 2.45) is 10.3 Å². The second kappa shape index (κ2) is 10.1. The molecule has 1 heterocycles. The molecular weight excluding hydrogens is 448 g/mol. The molecule has 0 unspecified atom stereocenters. The summed E-state index contributed by atoms with van der Waals surface area (Å²) in [6.07, 6.45) is 1.38. The van der Waals surface area contributed by atoms with Crippen LogP contribution in [0.3, 0.4) is 0 Å². The van der Waals surface area contributed by atoms with Gasteiger partial charge in [-0.15, -0.1) is 4.40 Å². The first-order valence-electron chi connectivity index (χ1n) is 8.23. The average Bonchev–Trinajstić information content (AvgIpc) is 2.66. The van der Waals surface area contributed by atoms with Gasteiger partial charge in [0.2, 0.25) is 5.88 Å². The average molecular weight is 466 g/mol. The molecule has 0 spiro atoms. The number of benzene rings is 1. The molecule has 0 amide bonds. The van der Waals surface area contributed by atoms with Crippen LogP contribution < -0.4 is 14.2 Å². The lowest BCUT2D eigenvalue weighted by atomic mass is 10.2. The molecule has 12 heteroatoms. The molecule has 0 fully saturated rings. The SMILES string of the molecule is CNS(=O)(=O)N=C(OCl)c1ccc(Oc2cnc(OCC(C)C)c(Cl)c2)cc1F. The van der Waals surface area contributed by atoms with E-state index in [-0.39, 0.29) is 28.0 Å². The Balaban J connectivity index is 2.21. The van der Waals surface area contributed by atoms with Gasteiger partial charge in [0.25, 0.3) is 5.90 Å². The number of aromatic nitrogens is 1. The van der Waals surface area contributed by atoms with Crippen molar-refractivity contribution in [2.45, 2.75) is 13.8 Å². The molecule has 0 radical (unpaired) electrons. The number of pyridine rings is 1.